The molecule has 0 heterocycles. The van der Waals surface area contributed by atoms with Crippen LogP contribution in [-0.2, 0) is 19.2 Å². The van der Waals surface area contributed by atoms with Crippen molar-refractivity contribution in [1.82, 2.24) is 5.32 Å². The molecule has 4 rings (SSSR count). The second-order valence-electron chi connectivity index (χ2n) is 12.9. The van der Waals surface area contributed by atoms with Gasteiger partial charge in [-0.1, -0.05) is 38.4 Å². The highest BCUT2D eigenvalue weighted by Gasteiger charge is 2.65. The summed E-state index contributed by atoms with van der Waals surface area (Å²) in [7, 11) is 0. The predicted molar refractivity (Wildman–Crippen MR) is 140 cm³/mol. The molecule has 4 aliphatic carbocycles. The summed E-state index contributed by atoms with van der Waals surface area (Å²) < 4.78 is 0. The van der Waals surface area contributed by atoms with Gasteiger partial charge in [-0.05, 0) is 99.9 Å². The number of carboxylic acids is 1. The minimum absolute atomic E-state index is 0.0725. The fourth-order valence-electron chi connectivity index (χ4n) is 8.34. The third-order valence-corrected chi connectivity index (χ3v) is 10.4. The van der Waals surface area contributed by atoms with Gasteiger partial charge in [-0.15, -0.1) is 0 Å². The largest absolute Gasteiger partial charge is 0.480 e. The molecular formula is C29H44N2O6. The van der Waals surface area contributed by atoms with Crippen molar-refractivity contribution in [1.29, 1.82) is 0 Å². The van der Waals surface area contributed by atoms with Crippen LogP contribution >= 0.6 is 0 Å². The number of carboxylic acid groups (broad SMARTS) is 1. The molecule has 3 N–H and O–H groups in total. The summed E-state index contributed by atoms with van der Waals surface area (Å²) in [6.45, 7) is 9.58. The van der Waals surface area contributed by atoms with E-state index in [1.54, 1.807) is 6.92 Å². The van der Waals surface area contributed by atoms with Gasteiger partial charge in [0.1, 0.15) is 11.6 Å². The van der Waals surface area contributed by atoms with Gasteiger partial charge in [0.05, 0.1) is 5.71 Å². The number of oxime groups is 1. The average Bonchev–Trinajstić information content (AvgIpc) is 3.10. The van der Waals surface area contributed by atoms with Crippen molar-refractivity contribution in [3.05, 3.63) is 11.6 Å². The maximum Gasteiger partial charge on any atom is 0.326 e. The van der Waals surface area contributed by atoms with Gasteiger partial charge in [-0.25, -0.2) is 4.79 Å². The quantitative estimate of drug-likeness (QED) is 0.414. The fourth-order valence-corrected chi connectivity index (χ4v) is 8.34. The number of allylic oxidation sites excluding steroid dienone is 2. The number of ketones is 1. The van der Waals surface area contributed by atoms with Crippen LogP contribution in [0.4, 0.5) is 0 Å². The van der Waals surface area contributed by atoms with E-state index >= 15 is 0 Å². The summed E-state index contributed by atoms with van der Waals surface area (Å²) in [4.78, 5) is 41.3. The second-order valence-corrected chi connectivity index (χ2v) is 12.9. The number of aliphatic carboxylic acids is 1. The summed E-state index contributed by atoms with van der Waals surface area (Å²) in [5.41, 5.74) is 0.765. The maximum absolute atomic E-state index is 12.4. The van der Waals surface area contributed by atoms with Crippen LogP contribution in [0.5, 0.6) is 0 Å². The summed E-state index contributed by atoms with van der Waals surface area (Å²) in [6, 6.07) is -0.930. The summed E-state index contributed by atoms with van der Waals surface area (Å²) in [5.74, 6) is -0.0502. The van der Waals surface area contributed by atoms with Gasteiger partial charge in [-0.2, -0.15) is 0 Å². The monoisotopic (exact) mass is 516 g/mol. The number of nitrogens with one attached hydrogen (secondary N) is 1. The van der Waals surface area contributed by atoms with Crippen LogP contribution in [0, 0.1) is 34.5 Å². The lowest BCUT2D eigenvalue weighted by Gasteiger charge is -2.59. The fraction of sp³-hybridized carbons (Fsp3) is 0.793. The zero-order valence-electron chi connectivity index (χ0n) is 23.0. The molecule has 37 heavy (non-hydrogen) atoms. The topological polar surface area (TPSA) is 125 Å². The van der Waals surface area contributed by atoms with Crippen LogP contribution in [0.3, 0.4) is 0 Å². The van der Waals surface area contributed by atoms with Crippen molar-refractivity contribution < 1.29 is 29.4 Å². The Labute approximate surface area is 220 Å². The molecule has 0 unspecified atom stereocenters. The number of amides is 1. The highest BCUT2D eigenvalue weighted by Crippen LogP contribution is 2.67. The van der Waals surface area contributed by atoms with E-state index < -0.39 is 23.5 Å². The molecule has 0 aromatic carbocycles. The van der Waals surface area contributed by atoms with Gasteiger partial charge in [0.2, 0.25) is 0 Å². The first-order valence-electron chi connectivity index (χ1n) is 14.0. The zero-order valence-corrected chi connectivity index (χ0v) is 23.0. The Morgan fingerprint density at radius 2 is 1.81 bits per heavy atom. The van der Waals surface area contributed by atoms with Crippen molar-refractivity contribution >= 4 is 23.4 Å². The number of carbonyl (C=O) groups excluding carboxylic acids is 2. The number of hydrogen-bond donors (Lipinski definition) is 3. The standard InChI is InChI=1S/C29H44N2O6/c1-17(2)14-24(26(34)35)30-25(33)16-37-31-20-8-11-27(4)19(15-20)6-7-21-22(27)9-12-28(5)23(21)10-13-29(28,36)18(3)32/h15,17,21-24,36H,6-14,16H2,1-5H3,(H,30,33)(H,34,35)/b31-20-/t21-,22+,23+,24-,27+,28+,29+/m1/s1. The Bertz CT molecular complexity index is 1000. The summed E-state index contributed by atoms with van der Waals surface area (Å²) >= 11 is 0. The number of aliphatic hydroxyl groups is 1. The van der Waals surface area contributed by atoms with E-state index in [0.717, 1.165) is 50.7 Å². The first kappa shape index (κ1) is 27.8. The number of Topliss-reactive ketones (excluding diaryl/α,β-unsaturated/α-hetero) is 1. The Balaban J connectivity index is 1.40. The first-order chi connectivity index (χ1) is 17.3. The third kappa shape index (κ3) is 4.86. The third-order valence-electron chi connectivity index (χ3n) is 10.4. The Kier molecular flexibility index (Phi) is 7.63. The molecule has 4 aliphatic rings. The lowest BCUT2D eigenvalue weighted by molar-refractivity contribution is -0.159. The summed E-state index contributed by atoms with van der Waals surface area (Å²) in [5, 5.41) is 27.4. The molecule has 7 atom stereocenters. The molecule has 0 aromatic rings. The molecule has 8 nitrogen and oxygen atoms in total. The van der Waals surface area contributed by atoms with E-state index in [1.165, 1.54) is 5.57 Å². The van der Waals surface area contributed by atoms with Gasteiger partial charge in [-0.3, -0.25) is 9.59 Å². The molecule has 0 aliphatic heterocycles. The van der Waals surface area contributed by atoms with E-state index in [-0.39, 0.29) is 29.1 Å². The minimum atomic E-state index is -1.19. The average molecular weight is 517 g/mol. The molecule has 0 saturated heterocycles. The maximum atomic E-state index is 12.4. The van der Waals surface area contributed by atoms with Crippen LogP contribution in [0.25, 0.3) is 0 Å². The summed E-state index contributed by atoms with van der Waals surface area (Å²) in [6.07, 6.45) is 9.66. The predicted octanol–water partition coefficient (Wildman–Crippen LogP) is 4.26. The normalized spacial score (nSPS) is 38.7. The van der Waals surface area contributed by atoms with Crippen molar-refractivity contribution in [2.75, 3.05) is 6.61 Å². The van der Waals surface area contributed by atoms with Crippen LogP contribution in [0.2, 0.25) is 0 Å². The number of rotatable bonds is 8. The molecule has 0 radical (unpaired) electrons. The Morgan fingerprint density at radius 3 is 2.46 bits per heavy atom. The van der Waals surface area contributed by atoms with Crippen molar-refractivity contribution in [2.24, 2.45) is 39.7 Å². The molecule has 3 saturated carbocycles. The SMILES string of the molecule is CC(=O)[C@@]1(O)CC[C@H]2[C@@H]3CCC4=C/C(=N\OCC(=O)N[C@H](CC(C)C)C(=O)O)CC[C@]4(C)[C@H]3CC[C@@]21C. The molecular weight excluding hydrogens is 472 g/mol. The molecule has 3 fully saturated rings. The van der Waals surface area contributed by atoms with E-state index in [1.807, 2.05) is 13.8 Å². The number of carbonyl (C=O) groups is 3. The van der Waals surface area contributed by atoms with Gasteiger partial charge < -0.3 is 20.4 Å². The van der Waals surface area contributed by atoms with Gasteiger partial charge in [0.25, 0.3) is 5.91 Å². The smallest absolute Gasteiger partial charge is 0.326 e. The van der Waals surface area contributed by atoms with E-state index in [4.69, 9.17) is 4.84 Å². The number of hydrogen-bond acceptors (Lipinski definition) is 6. The Morgan fingerprint density at radius 1 is 1.11 bits per heavy atom. The molecule has 0 aromatic heterocycles. The zero-order chi connectivity index (χ0) is 27.2. The molecule has 206 valence electrons. The van der Waals surface area contributed by atoms with Crippen LogP contribution in [0.1, 0.15) is 92.4 Å². The lowest BCUT2D eigenvalue weighted by atomic mass is 9.46. The van der Waals surface area contributed by atoms with Crippen molar-refractivity contribution in [3.63, 3.8) is 0 Å². The first-order valence-corrected chi connectivity index (χ1v) is 14.0. The molecule has 0 spiro atoms. The van der Waals surface area contributed by atoms with Crippen LogP contribution in [0.15, 0.2) is 16.8 Å². The lowest BCUT2D eigenvalue weighted by Crippen LogP contribution is -2.57. The van der Waals surface area contributed by atoms with Crippen molar-refractivity contribution in [3.8, 4) is 0 Å². The molecule has 0 bridgehead atoms. The van der Waals surface area contributed by atoms with Gasteiger partial charge in [0, 0.05) is 5.41 Å². The highest BCUT2D eigenvalue weighted by molar-refractivity contribution is 5.96. The number of nitrogens with zero attached hydrogens (tertiary/aromatic N) is 1. The molecule has 1 amide bonds. The highest BCUT2D eigenvalue weighted by atomic mass is 16.6. The number of fused-ring (bicyclic) bond motifs is 5. The van der Waals surface area contributed by atoms with E-state index in [9.17, 15) is 24.6 Å². The van der Waals surface area contributed by atoms with E-state index in [2.05, 4.69) is 30.4 Å². The van der Waals surface area contributed by atoms with Crippen molar-refractivity contribution in [2.45, 2.75) is 104 Å². The van der Waals surface area contributed by atoms with Gasteiger partial charge >= 0.3 is 5.97 Å². The van der Waals surface area contributed by atoms with Crippen LogP contribution < -0.4 is 5.32 Å². The van der Waals surface area contributed by atoms with Crippen LogP contribution in [-0.4, -0.2) is 51.8 Å². The Hall–Kier alpha value is -2.22. The van der Waals surface area contributed by atoms with Gasteiger partial charge in [0.15, 0.2) is 12.4 Å². The molecule has 8 heteroatoms. The second kappa shape index (κ2) is 10.2. The van der Waals surface area contributed by atoms with E-state index in [0.29, 0.717) is 30.6 Å². The minimum Gasteiger partial charge on any atom is -0.480 e.